The number of para-hydroxylation sites is 1. The van der Waals surface area contributed by atoms with Crippen LogP contribution >= 0.6 is 11.6 Å². The summed E-state index contributed by atoms with van der Waals surface area (Å²) in [5.74, 6) is 0.628. The average molecular weight is 374 g/mol. The minimum atomic E-state index is 0.138. The number of piperazine rings is 1. The Morgan fingerprint density at radius 3 is 2.54 bits per heavy atom. The normalized spacial score (nSPS) is 15.5. The second-order valence-corrected chi connectivity index (χ2v) is 6.66. The molecule has 1 saturated heterocycles. The number of hydrazone groups is 1. The number of phenolic OH excluding ortho intramolecular Hbond substituents is 1. The summed E-state index contributed by atoms with van der Waals surface area (Å²) >= 11 is 5.94. The Morgan fingerprint density at radius 2 is 1.85 bits per heavy atom. The van der Waals surface area contributed by atoms with E-state index in [1.807, 2.05) is 36.2 Å². The maximum Gasteiger partial charge on any atom is 0.166 e. The highest BCUT2D eigenvalue weighted by Crippen LogP contribution is 2.28. The van der Waals surface area contributed by atoms with Crippen LogP contribution in [0.5, 0.6) is 11.5 Å². The number of hydrogen-bond acceptors (Lipinski definition) is 5. The Balaban J connectivity index is 1.53. The highest BCUT2D eigenvalue weighted by Gasteiger charge is 2.15. The molecular formula is C20H24ClN3O2. The molecule has 0 spiro atoms. The van der Waals surface area contributed by atoms with Crippen LogP contribution in [0, 0.1) is 0 Å². The molecule has 0 bridgehead atoms. The minimum Gasteiger partial charge on any atom is -0.504 e. The average Bonchev–Trinajstić information content (AvgIpc) is 2.66. The van der Waals surface area contributed by atoms with Crippen molar-refractivity contribution in [1.82, 2.24) is 9.91 Å². The maximum absolute atomic E-state index is 10.2. The Bertz CT molecular complexity index is 741. The lowest BCUT2D eigenvalue weighted by Gasteiger charge is -2.33. The van der Waals surface area contributed by atoms with Gasteiger partial charge < -0.3 is 9.84 Å². The number of rotatable bonds is 6. The number of halogens is 1. The Morgan fingerprint density at radius 1 is 1.12 bits per heavy atom. The standard InChI is InChI=1S/C20H24ClN3O2/c1-2-26-19-5-3-4-17(20(19)25)14-22-24-12-10-23(11-13-24)15-16-6-8-18(21)9-7-16/h3-9,14,25H,2,10-13,15H2,1H3. The van der Waals surface area contributed by atoms with E-state index in [4.69, 9.17) is 16.3 Å². The summed E-state index contributed by atoms with van der Waals surface area (Å²) in [6.07, 6.45) is 1.70. The van der Waals surface area contributed by atoms with Gasteiger partial charge in [0.05, 0.1) is 12.8 Å². The summed E-state index contributed by atoms with van der Waals surface area (Å²) in [5, 5.41) is 17.5. The van der Waals surface area contributed by atoms with E-state index in [0.29, 0.717) is 17.9 Å². The third-order valence-electron chi connectivity index (χ3n) is 4.36. The number of hydrogen-bond donors (Lipinski definition) is 1. The molecule has 1 aliphatic rings. The van der Waals surface area contributed by atoms with Gasteiger partial charge in [0.25, 0.3) is 0 Å². The van der Waals surface area contributed by atoms with E-state index >= 15 is 0 Å². The number of nitrogens with zero attached hydrogens (tertiary/aromatic N) is 3. The molecule has 0 saturated carbocycles. The number of aromatic hydroxyl groups is 1. The number of phenols is 1. The first kappa shape index (κ1) is 18.5. The van der Waals surface area contributed by atoms with Gasteiger partial charge in [-0.15, -0.1) is 0 Å². The van der Waals surface area contributed by atoms with E-state index in [1.54, 1.807) is 12.3 Å². The van der Waals surface area contributed by atoms with Crippen LogP contribution in [-0.2, 0) is 6.54 Å². The Labute approximate surface area is 159 Å². The first-order valence-electron chi connectivity index (χ1n) is 8.86. The first-order valence-corrected chi connectivity index (χ1v) is 9.24. The zero-order valence-electron chi connectivity index (χ0n) is 14.9. The molecule has 0 amide bonds. The molecule has 0 radical (unpaired) electrons. The van der Waals surface area contributed by atoms with Gasteiger partial charge in [0.2, 0.25) is 0 Å². The third-order valence-corrected chi connectivity index (χ3v) is 4.61. The topological polar surface area (TPSA) is 48.3 Å². The zero-order valence-corrected chi connectivity index (χ0v) is 15.7. The fourth-order valence-corrected chi connectivity index (χ4v) is 3.04. The van der Waals surface area contributed by atoms with Crippen LogP contribution in [0.3, 0.4) is 0 Å². The molecule has 1 heterocycles. The Kier molecular flexibility index (Phi) is 6.36. The molecule has 5 nitrogen and oxygen atoms in total. The zero-order chi connectivity index (χ0) is 18.4. The van der Waals surface area contributed by atoms with Crippen LogP contribution in [0.1, 0.15) is 18.1 Å². The molecule has 138 valence electrons. The van der Waals surface area contributed by atoms with E-state index in [1.165, 1.54) is 5.56 Å². The summed E-state index contributed by atoms with van der Waals surface area (Å²) in [6.45, 7) is 6.95. The van der Waals surface area contributed by atoms with Crippen molar-refractivity contribution >= 4 is 17.8 Å². The highest BCUT2D eigenvalue weighted by molar-refractivity contribution is 6.30. The van der Waals surface area contributed by atoms with Crippen LogP contribution in [0.15, 0.2) is 47.6 Å². The van der Waals surface area contributed by atoms with Gasteiger partial charge >= 0.3 is 0 Å². The predicted octanol–water partition coefficient (Wildman–Crippen LogP) is 3.60. The van der Waals surface area contributed by atoms with Crippen LogP contribution < -0.4 is 4.74 Å². The summed E-state index contributed by atoms with van der Waals surface area (Å²) in [7, 11) is 0. The molecular weight excluding hydrogens is 350 g/mol. The van der Waals surface area contributed by atoms with Crippen molar-refractivity contribution in [3.63, 3.8) is 0 Å². The van der Waals surface area contributed by atoms with Crippen molar-refractivity contribution in [3.8, 4) is 11.5 Å². The van der Waals surface area contributed by atoms with Gasteiger partial charge in [-0.2, -0.15) is 5.10 Å². The van der Waals surface area contributed by atoms with E-state index in [-0.39, 0.29) is 5.75 Å². The smallest absolute Gasteiger partial charge is 0.166 e. The van der Waals surface area contributed by atoms with Crippen LogP contribution in [-0.4, -0.2) is 54.0 Å². The molecule has 0 aliphatic carbocycles. The molecule has 2 aromatic rings. The molecule has 6 heteroatoms. The molecule has 1 aliphatic heterocycles. The van der Waals surface area contributed by atoms with Gasteiger partial charge in [-0.1, -0.05) is 29.8 Å². The number of ether oxygens (including phenoxy) is 1. The van der Waals surface area contributed by atoms with Crippen molar-refractivity contribution in [2.75, 3.05) is 32.8 Å². The van der Waals surface area contributed by atoms with Gasteiger partial charge in [0, 0.05) is 43.3 Å². The van der Waals surface area contributed by atoms with Gasteiger partial charge in [0.15, 0.2) is 11.5 Å². The minimum absolute atomic E-state index is 0.138. The number of benzene rings is 2. The summed E-state index contributed by atoms with van der Waals surface area (Å²) < 4.78 is 5.41. The van der Waals surface area contributed by atoms with Gasteiger partial charge in [0.1, 0.15) is 0 Å². The predicted molar refractivity (Wildman–Crippen MR) is 105 cm³/mol. The van der Waals surface area contributed by atoms with E-state index < -0.39 is 0 Å². The van der Waals surface area contributed by atoms with Crippen molar-refractivity contribution in [2.45, 2.75) is 13.5 Å². The van der Waals surface area contributed by atoms with Crippen molar-refractivity contribution in [3.05, 3.63) is 58.6 Å². The summed E-state index contributed by atoms with van der Waals surface area (Å²) in [6, 6.07) is 13.4. The van der Waals surface area contributed by atoms with E-state index in [0.717, 1.165) is 37.7 Å². The highest BCUT2D eigenvalue weighted by atomic mass is 35.5. The Hall–Kier alpha value is -2.24. The molecule has 3 rings (SSSR count). The van der Waals surface area contributed by atoms with Gasteiger partial charge in [-0.3, -0.25) is 9.91 Å². The fourth-order valence-electron chi connectivity index (χ4n) is 2.92. The largest absolute Gasteiger partial charge is 0.504 e. The lowest BCUT2D eigenvalue weighted by molar-refractivity contribution is 0.131. The third kappa shape index (κ3) is 4.90. The quantitative estimate of drug-likeness (QED) is 0.786. The summed E-state index contributed by atoms with van der Waals surface area (Å²) in [4.78, 5) is 2.41. The van der Waals surface area contributed by atoms with Gasteiger partial charge in [-0.05, 0) is 36.8 Å². The molecule has 0 unspecified atom stereocenters. The molecule has 26 heavy (non-hydrogen) atoms. The maximum atomic E-state index is 10.2. The second kappa shape index (κ2) is 8.92. The molecule has 1 fully saturated rings. The van der Waals surface area contributed by atoms with E-state index in [2.05, 4.69) is 22.1 Å². The van der Waals surface area contributed by atoms with Crippen molar-refractivity contribution in [2.24, 2.45) is 5.10 Å². The second-order valence-electron chi connectivity index (χ2n) is 6.23. The monoisotopic (exact) mass is 373 g/mol. The lowest BCUT2D eigenvalue weighted by Crippen LogP contribution is -2.43. The molecule has 0 atom stereocenters. The fraction of sp³-hybridized carbons (Fsp3) is 0.350. The molecule has 2 aromatic carbocycles. The molecule has 1 N–H and O–H groups in total. The van der Waals surface area contributed by atoms with Crippen LogP contribution in [0.25, 0.3) is 0 Å². The first-order chi connectivity index (χ1) is 12.7. The van der Waals surface area contributed by atoms with E-state index in [9.17, 15) is 5.11 Å². The lowest BCUT2D eigenvalue weighted by atomic mass is 10.2. The van der Waals surface area contributed by atoms with Crippen molar-refractivity contribution in [1.29, 1.82) is 0 Å². The van der Waals surface area contributed by atoms with Gasteiger partial charge in [-0.25, -0.2) is 0 Å². The molecule has 0 aromatic heterocycles. The van der Waals surface area contributed by atoms with Crippen LogP contribution in [0.4, 0.5) is 0 Å². The summed E-state index contributed by atoms with van der Waals surface area (Å²) in [5.41, 5.74) is 1.93. The van der Waals surface area contributed by atoms with Crippen molar-refractivity contribution < 1.29 is 9.84 Å². The van der Waals surface area contributed by atoms with Crippen LogP contribution in [0.2, 0.25) is 5.02 Å². The SMILES string of the molecule is CCOc1cccc(C=NN2CCN(Cc3ccc(Cl)cc3)CC2)c1O.